The van der Waals surface area contributed by atoms with Crippen molar-refractivity contribution < 1.29 is 8.78 Å². The molecule has 0 saturated heterocycles. The van der Waals surface area contributed by atoms with E-state index in [-0.39, 0.29) is 12.3 Å². The van der Waals surface area contributed by atoms with Gasteiger partial charge in [-0.05, 0) is 18.3 Å². The molecule has 0 N–H and O–H groups in total. The van der Waals surface area contributed by atoms with Gasteiger partial charge in [0.15, 0.2) is 0 Å². The molecular weight excluding hydrogens is 214 g/mol. The second-order valence-electron chi connectivity index (χ2n) is 3.23. The Hall–Kier alpha value is 0.340. The average Bonchev–Trinajstić information content (AvgIpc) is 1.85. The highest BCUT2D eigenvalue weighted by Crippen LogP contribution is 2.19. The van der Waals surface area contributed by atoms with Gasteiger partial charge in [0, 0.05) is 11.8 Å². The van der Waals surface area contributed by atoms with Gasteiger partial charge < -0.3 is 0 Å². The molecular formula is C8H15BrF2. The Morgan fingerprint density at radius 3 is 2.00 bits per heavy atom. The molecule has 0 heterocycles. The number of hydrogen-bond acceptors (Lipinski definition) is 0. The van der Waals surface area contributed by atoms with Crippen LogP contribution < -0.4 is 0 Å². The zero-order valence-corrected chi connectivity index (χ0v) is 8.57. The van der Waals surface area contributed by atoms with Crippen molar-refractivity contribution >= 4 is 15.9 Å². The summed E-state index contributed by atoms with van der Waals surface area (Å²) >= 11 is 3.32. The monoisotopic (exact) mass is 228 g/mol. The fourth-order valence-electron chi connectivity index (χ4n) is 1.15. The van der Waals surface area contributed by atoms with E-state index < -0.39 is 6.43 Å². The lowest BCUT2D eigenvalue weighted by atomic mass is 9.96. The summed E-state index contributed by atoms with van der Waals surface area (Å²) in [5, 5.41) is 0.903. The lowest BCUT2D eigenvalue weighted by Gasteiger charge is -2.14. The highest BCUT2D eigenvalue weighted by atomic mass is 79.9. The molecule has 0 aromatic carbocycles. The summed E-state index contributed by atoms with van der Waals surface area (Å²) in [6.45, 7) is 3.95. The largest absolute Gasteiger partial charge is 0.238 e. The summed E-state index contributed by atoms with van der Waals surface area (Å²) < 4.78 is 23.7. The molecule has 0 aromatic heterocycles. The molecule has 0 aromatic rings. The van der Waals surface area contributed by atoms with Crippen LogP contribution in [-0.4, -0.2) is 11.8 Å². The molecule has 0 bridgehead atoms. The van der Waals surface area contributed by atoms with E-state index in [0.717, 1.165) is 11.8 Å². The van der Waals surface area contributed by atoms with Gasteiger partial charge >= 0.3 is 0 Å². The van der Waals surface area contributed by atoms with Crippen molar-refractivity contribution in [2.24, 2.45) is 11.8 Å². The lowest BCUT2D eigenvalue weighted by Crippen LogP contribution is -2.07. The van der Waals surface area contributed by atoms with Crippen molar-refractivity contribution in [1.82, 2.24) is 0 Å². The molecule has 0 aliphatic heterocycles. The molecule has 68 valence electrons. The third kappa shape index (κ3) is 6.73. The fraction of sp³-hybridized carbons (Fsp3) is 1.00. The van der Waals surface area contributed by atoms with E-state index >= 15 is 0 Å². The molecule has 0 saturated carbocycles. The molecule has 11 heavy (non-hydrogen) atoms. The van der Waals surface area contributed by atoms with Gasteiger partial charge in [0.1, 0.15) is 0 Å². The van der Waals surface area contributed by atoms with Crippen LogP contribution in [0.5, 0.6) is 0 Å². The Labute approximate surface area is 75.5 Å². The predicted octanol–water partition coefficient (Wildman–Crippen LogP) is 3.70. The first-order chi connectivity index (χ1) is 5.06. The number of hydrogen-bond donors (Lipinski definition) is 0. The Morgan fingerprint density at radius 1 is 1.09 bits per heavy atom. The van der Waals surface area contributed by atoms with E-state index in [9.17, 15) is 8.78 Å². The Morgan fingerprint density at radius 2 is 1.64 bits per heavy atom. The highest BCUT2D eigenvalue weighted by molar-refractivity contribution is 9.09. The average molecular weight is 229 g/mol. The summed E-state index contributed by atoms with van der Waals surface area (Å²) in [6.07, 6.45) is -1.22. The maximum absolute atomic E-state index is 11.8. The minimum Gasteiger partial charge on any atom is -0.211 e. The zero-order valence-electron chi connectivity index (χ0n) is 6.99. The van der Waals surface area contributed by atoms with Crippen LogP contribution in [0.3, 0.4) is 0 Å². The van der Waals surface area contributed by atoms with Crippen LogP contribution in [0.2, 0.25) is 0 Å². The maximum Gasteiger partial charge on any atom is 0.238 e. The molecule has 2 unspecified atom stereocenters. The first kappa shape index (κ1) is 11.3. The second kappa shape index (κ2) is 5.92. The number of alkyl halides is 3. The molecule has 0 spiro atoms. The van der Waals surface area contributed by atoms with E-state index in [0.29, 0.717) is 5.92 Å². The van der Waals surface area contributed by atoms with Gasteiger partial charge in [0.2, 0.25) is 6.43 Å². The van der Waals surface area contributed by atoms with E-state index in [4.69, 9.17) is 0 Å². The van der Waals surface area contributed by atoms with Crippen molar-refractivity contribution in [3.8, 4) is 0 Å². The summed E-state index contributed by atoms with van der Waals surface area (Å²) in [6, 6.07) is 0. The SMILES string of the molecule is CC(CBr)CC(C)CC(F)F. The molecule has 2 atom stereocenters. The Bertz CT molecular complexity index is 96.1. The van der Waals surface area contributed by atoms with Gasteiger partial charge in [-0.1, -0.05) is 29.8 Å². The molecule has 0 radical (unpaired) electrons. The molecule has 0 amide bonds. The molecule has 0 fully saturated rings. The quantitative estimate of drug-likeness (QED) is 0.630. The van der Waals surface area contributed by atoms with Crippen LogP contribution in [-0.2, 0) is 0 Å². The smallest absolute Gasteiger partial charge is 0.211 e. The topological polar surface area (TPSA) is 0 Å². The van der Waals surface area contributed by atoms with Gasteiger partial charge in [-0.15, -0.1) is 0 Å². The minimum atomic E-state index is -2.15. The zero-order chi connectivity index (χ0) is 8.85. The third-order valence-corrected chi connectivity index (χ3v) is 2.75. The summed E-state index contributed by atoms with van der Waals surface area (Å²) in [4.78, 5) is 0. The highest BCUT2D eigenvalue weighted by Gasteiger charge is 2.12. The van der Waals surface area contributed by atoms with E-state index in [1.54, 1.807) is 0 Å². The van der Waals surface area contributed by atoms with Crippen LogP contribution >= 0.6 is 15.9 Å². The van der Waals surface area contributed by atoms with Crippen molar-refractivity contribution in [3.63, 3.8) is 0 Å². The summed E-state index contributed by atoms with van der Waals surface area (Å²) in [5.74, 6) is 0.645. The van der Waals surface area contributed by atoms with Crippen LogP contribution in [0.25, 0.3) is 0 Å². The molecule has 0 aliphatic rings. The minimum absolute atomic E-state index is 0.0390. The fourth-order valence-corrected chi connectivity index (χ4v) is 1.41. The first-order valence-electron chi connectivity index (χ1n) is 3.90. The summed E-state index contributed by atoms with van der Waals surface area (Å²) in [5.41, 5.74) is 0. The normalized spacial score (nSPS) is 16.9. The molecule has 0 aliphatic carbocycles. The molecule has 0 rings (SSSR count). The number of rotatable bonds is 5. The predicted molar refractivity (Wildman–Crippen MR) is 47.4 cm³/mol. The number of halogens is 3. The van der Waals surface area contributed by atoms with E-state index in [1.807, 2.05) is 6.92 Å². The van der Waals surface area contributed by atoms with Crippen LogP contribution in [0, 0.1) is 11.8 Å². The van der Waals surface area contributed by atoms with Crippen molar-refractivity contribution in [1.29, 1.82) is 0 Å². The lowest BCUT2D eigenvalue weighted by molar-refractivity contribution is 0.113. The van der Waals surface area contributed by atoms with Crippen LogP contribution in [0.1, 0.15) is 26.7 Å². The van der Waals surface area contributed by atoms with Gasteiger partial charge in [-0.2, -0.15) is 0 Å². The van der Waals surface area contributed by atoms with E-state index in [2.05, 4.69) is 22.9 Å². The second-order valence-corrected chi connectivity index (χ2v) is 3.87. The van der Waals surface area contributed by atoms with Crippen LogP contribution in [0.15, 0.2) is 0 Å². The molecule has 3 heteroatoms. The van der Waals surface area contributed by atoms with Crippen molar-refractivity contribution in [2.75, 3.05) is 5.33 Å². The Kier molecular flexibility index (Phi) is 6.11. The van der Waals surface area contributed by atoms with E-state index in [1.165, 1.54) is 0 Å². The van der Waals surface area contributed by atoms with Crippen LogP contribution in [0.4, 0.5) is 8.78 Å². The van der Waals surface area contributed by atoms with Gasteiger partial charge in [0.05, 0.1) is 0 Å². The van der Waals surface area contributed by atoms with Gasteiger partial charge in [0.25, 0.3) is 0 Å². The van der Waals surface area contributed by atoms with Crippen molar-refractivity contribution in [2.45, 2.75) is 33.1 Å². The third-order valence-electron chi connectivity index (χ3n) is 1.65. The first-order valence-corrected chi connectivity index (χ1v) is 5.02. The maximum atomic E-state index is 11.8. The van der Waals surface area contributed by atoms with Gasteiger partial charge in [-0.25, -0.2) is 8.78 Å². The van der Waals surface area contributed by atoms with Gasteiger partial charge in [-0.3, -0.25) is 0 Å². The van der Waals surface area contributed by atoms with Crippen molar-refractivity contribution in [3.05, 3.63) is 0 Å². The standard InChI is InChI=1S/C8H15BrF2/c1-6(4-8(10)11)3-7(2)5-9/h6-8H,3-5H2,1-2H3. The summed E-state index contributed by atoms with van der Waals surface area (Å²) in [7, 11) is 0. The Balaban J connectivity index is 3.43. The molecule has 0 nitrogen and oxygen atoms in total.